The maximum atomic E-state index is 11.0. The summed E-state index contributed by atoms with van der Waals surface area (Å²) in [6.07, 6.45) is 4.02. The van der Waals surface area contributed by atoms with E-state index in [4.69, 9.17) is 5.11 Å². The van der Waals surface area contributed by atoms with Crippen molar-refractivity contribution >= 4 is 28.4 Å². The van der Waals surface area contributed by atoms with E-state index in [1.165, 1.54) is 5.00 Å². The number of fused-ring (bicyclic) bond motifs is 1. The van der Waals surface area contributed by atoms with Crippen LogP contribution in [0.15, 0.2) is 17.0 Å². The molecule has 0 amide bonds. The molecule has 86 valence electrons. The molecule has 0 saturated heterocycles. The number of anilines is 1. The summed E-state index contributed by atoms with van der Waals surface area (Å²) in [5.41, 5.74) is 1.53. The summed E-state index contributed by atoms with van der Waals surface area (Å²) >= 11 is 1.69. The van der Waals surface area contributed by atoms with Crippen molar-refractivity contribution < 1.29 is 9.90 Å². The lowest BCUT2D eigenvalue weighted by Gasteiger charge is -2.27. The monoisotopic (exact) mass is 237 g/mol. The number of aliphatic carboxylic acids is 1. The fraction of sp³-hybridized carbons (Fsp3) is 0.417. The number of hydrogen-bond donors (Lipinski definition) is 1. The first kappa shape index (κ1) is 11.2. The van der Waals surface area contributed by atoms with Crippen LogP contribution in [0.5, 0.6) is 0 Å². The molecule has 0 radical (unpaired) electrons. The normalized spacial score (nSPS) is 14.6. The Morgan fingerprint density at radius 3 is 3.12 bits per heavy atom. The van der Waals surface area contributed by atoms with E-state index in [0.717, 1.165) is 24.9 Å². The summed E-state index contributed by atoms with van der Waals surface area (Å²) in [5.74, 6) is -0.807. The van der Waals surface area contributed by atoms with E-state index in [9.17, 15) is 4.79 Å². The molecule has 4 heteroatoms. The van der Waals surface area contributed by atoms with Gasteiger partial charge in [-0.1, -0.05) is 13.3 Å². The maximum Gasteiger partial charge on any atom is 0.333 e. The number of thiophene rings is 1. The van der Waals surface area contributed by atoms with E-state index in [1.54, 1.807) is 17.4 Å². The molecular formula is C12H15NO2S. The molecule has 0 atom stereocenters. The largest absolute Gasteiger partial charge is 0.478 e. The van der Waals surface area contributed by atoms with Gasteiger partial charge in [0.2, 0.25) is 0 Å². The molecule has 1 aromatic rings. The first-order valence-corrected chi connectivity index (χ1v) is 6.36. The Balaban J connectivity index is 2.24. The molecule has 2 rings (SSSR count). The second-order valence-corrected chi connectivity index (χ2v) is 4.83. The van der Waals surface area contributed by atoms with Gasteiger partial charge in [0.15, 0.2) is 0 Å². The molecule has 3 nitrogen and oxygen atoms in total. The molecule has 0 saturated carbocycles. The van der Waals surface area contributed by atoms with Gasteiger partial charge in [0.05, 0.1) is 17.1 Å². The maximum absolute atomic E-state index is 11.0. The van der Waals surface area contributed by atoms with Crippen molar-refractivity contribution in [1.29, 1.82) is 0 Å². The smallest absolute Gasteiger partial charge is 0.333 e. The lowest BCUT2D eigenvalue weighted by molar-refractivity contribution is -0.132. The third kappa shape index (κ3) is 2.11. The summed E-state index contributed by atoms with van der Waals surface area (Å²) < 4.78 is 0. The lowest BCUT2D eigenvalue weighted by Crippen LogP contribution is -2.30. The van der Waals surface area contributed by atoms with Gasteiger partial charge in [-0.2, -0.15) is 0 Å². The van der Waals surface area contributed by atoms with Gasteiger partial charge < -0.3 is 10.0 Å². The van der Waals surface area contributed by atoms with Crippen LogP contribution < -0.4 is 4.90 Å². The molecule has 1 aliphatic heterocycles. The molecule has 0 spiro atoms. The molecule has 0 bridgehead atoms. The van der Waals surface area contributed by atoms with Gasteiger partial charge in [-0.25, -0.2) is 4.79 Å². The highest BCUT2D eigenvalue weighted by molar-refractivity contribution is 7.14. The summed E-state index contributed by atoms with van der Waals surface area (Å²) in [4.78, 5) is 13.2. The quantitative estimate of drug-likeness (QED) is 0.875. The van der Waals surface area contributed by atoms with E-state index in [2.05, 4.69) is 11.8 Å². The zero-order chi connectivity index (χ0) is 11.5. The van der Waals surface area contributed by atoms with E-state index in [1.807, 2.05) is 11.4 Å². The minimum Gasteiger partial charge on any atom is -0.478 e. The topological polar surface area (TPSA) is 40.5 Å². The Kier molecular flexibility index (Phi) is 3.29. The van der Waals surface area contributed by atoms with Crippen LogP contribution in [0.4, 0.5) is 5.00 Å². The molecule has 16 heavy (non-hydrogen) atoms. The van der Waals surface area contributed by atoms with Crippen LogP contribution in [-0.2, 0) is 4.79 Å². The van der Waals surface area contributed by atoms with Gasteiger partial charge in [0, 0.05) is 12.1 Å². The third-order valence-corrected chi connectivity index (χ3v) is 3.70. The van der Waals surface area contributed by atoms with E-state index < -0.39 is 5.97 Å². The Morgan fingerprint density at radius 2 is 2.44 bits per heavy atom. The van der Waals surface area contributed by atoms with Gasteiger partial charge in [0.25, 0.3) is 0 Å². The van der Waals surface area contributed by atoms with E-state index in [0.29, 0.717) is 12.1 Å². The zero-order valence-corrected chi connectivity index (χ0v) is 10.1. The number of carbonyl (C=O) groups is 1. The minimum absolute atomic E-state index is 0.488. The van der Waals surface area contributed by atoms with Crippen molar-refractivity contribution in [3.05, 3.63) is 22.6 Å². The molecular weight excluding hydrogens is 222 g/mol. The van der Waals surface area contributed by atoms with Crippen LogP contribution in [0.3, 0.4) is 0 Å². The molecule has 2 heterocycles. The summed E-state index contributed by atoms with van der Waals surface area (Å²) in [7, 11) is 0. The van der Waals surface area contributed by atoms with E-state index >= 15 is 0 Å². The number of carboxylic acids is 1. The molecule has 1 N–H and O–H groups in total. The fourth-order valence-corrected chi connectivity index (χ4v) is 2.76. The average Bonchev–Trinajstić information content (AvgIpc) is 2.73. The molecule has 1 aliphatic rings. The second kappa shape index (κ2) is 4.70. The van der Waals surface area contributed by atoms with Gasteiger partial charge in [-0.05, 0) is 23.9 Å². The van der Waals surface area contributed by atoms with Crippen molar-refractivity contribution in [3.8, 4) is 0 Å². The van der Waals surface area contributed by atoms with Crippen LogP contribution >= 0.6 is 11.3 Å². The average molecular weight is 237 g/mol. The highest BCUT2D eigenvalue weighted by Gasteiger charge is 2.21. The number of carboxylic acid groups (broad SMARTS) is 1. The standard InChI is InChI=1S/C12H15NO2S/c1-2-3-5-13-8-10(12(14)15)7-9-4-6-16-11(9)13/h4,6-7H,2-3,5,8H2,1H3,(H,14,15). The van der Waals surface area contributed by atoms with Gasteiger partial charge >= 0.3 is 5.97 Å². The Hall–Kier alpha value is -1.29. The molecule has 0 aromatic carbocycles. The third-order valence-electron chi connectivity index (χ3n) is 2.71. The van der Waals surface area contributed by atoms with E-state index in [-0.39, 0.29) is 0 Å². The van der Waals surface area contributed by atoms with Crippen LogP contribution in [0.1, 0.15) is 25.3 Å². The number of unbranched alkanes of at least 4 members (excludes halogenated alkanes) is 1. The molecule has 0 unspecified atom stereocenters. The Bertz CT molecular complexity index is 422. The SMILES string of the molecule is CCCCN1CC(C(=O)O)=Cc2ccsc21. The van der Waals surface area contributed by atoms with Gasteiger partial charge in [0.1, 0.15) is 0 Å². The van der Waals surface area contributed by atoms with Crippen LogP contribution in [-0.4, -0.2) is 24.2 Å². The summed E-state index contributed by atoms with van der Waals surface area (Å²) in [6.45, 7) is 3.62. The van der Waals surface area contributed by atoms with Crippen molar-refractivity contribution in [3.63, 3.8) is 0 Å². The number of rotatable bonds is 4. The Labute approximate surface area is 99.0 Å². The van der Waals surface area contributed by atoms with Crippen molar-refractivity contribution in [1.82, 2.24) is 0 Å². The lowest BCUT2D eigenvalue weighted by atomic mass is 10.1. The summed E-state index contributed by atoms with van der Waals surface area (Å²) in [5, 5.41) is 12.3. The van der Waals surface area contributed by atoms with Crippen LogP contribution in [0.2, 0.25) is 0 Å². The highest BCUT2D eigenvalue weighted by atomic mass is 32.1. The first-order valence-electron chi connectivity index (χ1n) is 5.48. The molecule has 1 aromatic heterocycles. The minimum atomic E-state index is -0.807. The van der Waals surface area contributed by atoms with Crippen molar-refractivity contribution in [2.75, 3.05) is 18.0 Å². The van der Waals surface area contributed by atoms with Gasteiger partial charge in [-0.15, -0.1) is 11.3 Å². The summed E-state index contributed by atoms with van der Waals surface area (Å²) in [6, 6.07) is 1.99. The Morgan fingerprint density at radius 1 is 1.62 bits per heavy atom. The van der Waals surface area contributed by atoms with Gasteiger partial charge in [-0.3, -0.25) is 0 Å². The fourth-order valence-electron chi connectivity index (χ4n) is 1.85. The van der Waals surface area contributed by atoms with Crippen LogP contribution in [0, 0.1) is 0 Å². The predicted molar refractivity (Wildman–Crippen MR) is 67.1 cm³/mol. The van der Waals surface area contributed by atoms with Crippen molar-refractivity contribution in [2.45, 2.75) is 19.8 Å². The highest BCUT2D eigenvalue weighted by Crippen LogP contribution is 2.34. The first-order chi connectivity index (χ1) is 7.72. The zero-order valence-electron chi connectivity index (χ0n) is 9.27. The molecule has 0 aliphatic carbocycles. The predicted octanol–water partition coefficient (Wildman–Crippen LogP) is 2.84. The molecule has 0 fully saturated rings. The second-order valence-electron chi connectivity index (χ2n) is 3.93. The van der Waals surface area contributed by atoms with Crippen molar-refractivity contribution in [2.24, 2.45) is 0 Å². The number of nitrogens with zero attached hydrogens (tertiary/aromatic N) is 1. The number of hydrogen-bond acceptors (Lipinski definition) is 3. The van der Waals surface area contributed by atoms with Crippen LogP contribution in [0.25, 0.3) is 6.08 Å².